The van der Waals surface area contributed by atoms with E-state index in [1.165, 1.54) is 19.2 Å². The van der Waals surface area contributed by atoms with Crippen molar-refractivity contribution < 1.29 is 18.6 Å². The highest BCUT2D eigenvalue weighted by atomic mass is 19.1. The molecule has 1 aliphatic heterocycles. The number of ether oxygens (including phenoxy) is 2. The Morgan fingerprint density at radius 1 is 1.27 bits per heavy atom. The summed E-state index contributed by atoms with van der Waals surface area (Å²) in [5, 5.41) is 5.37. The van der Waals surface area contributed by atoms with Crippen molar-refractivity contribution in [1.82, 2.24) is 9.78 Å². The third-order valence-electron chi connectivity index (χ3n) is 4.58. The van der Waals surface area contributed by atoms with Crippen molar-refractivity contribution in [2.24, 2.45) is 0 Å². The lowest BCUT2D eigenvalue weighted by Gasteiger charge is -2.23. The number of fused-ring (bicyclic) bond motifs is 1. The number of benzene rings is 2. The molecule has 1 saturated heterocycles. The predicted octanol–water partition coefficient (Wildman–Crippen LogP) is 4.36. The molecule has 1 aromatic heterocycles. The summed E-state index contributed by atoms with van der Waals surface area (Å²) in [6, 6.07) is 9.64. The summed E-state index contributed by atoms with van der Waals surface area (Å²) >= 11 is 0. The molecule has 134 valence electrons. The van der Waals surface area contributed by atoms with Crippen molar-refractivity contribution in [3.63, 3.8) is 0 Å². The quantitative estimate of drug-likeness (QED) is 0.652. The summed E-state index contributed by atoms with van der Waals surface area (Å²) in [5.74, 6) is 0.312. The molecule has 2 heterocycles. The summed E-state index contributed by atoms with van der Waals surface area (Å²) in [7, 11) is 1.41. The Balaban J connectivity index is 1.78. The Kier molecular flexibility index (Phi) is 4.38. The van der Waals surface area contributed by atoms with Crippen LogP contribution in [0.15, 0.2) is 42.6 Å². The normalized spacial score (nSPS) is 15.3. The molecular formula is C19H19FN3O3+. The summed E-state index contributed by atoms with van der Waals surface area (Å²) in [5.41, 5.74) is 1.25. The largest absolute Gasteiger partial charge is 0.450 e. The molecule has 0 amide bonds. The topological polar surface area (TPSA) is 56.4 Å². The van der Waals surface area contributed by atoms with Crippen LogP contribution < -0.4 is 4.74 Å². The minimum absolute atomic E-state index is 0.249. The highest BCUT2D eigenvalue weighted by Gasteiger charge is 2.23. The molecule has 0 N–H and O–H groups in total. The lowest BCUT2D eigenvalue weighted by molar-refractivity contribution is -0.428. The molecule has 1 aliphatic rings. The number of nitroso groups, excluding NO2 is 1. The Hall–Kier alpha value is -2.80. The molecular weight excluding hydrogens is 337 g/mol. The van der Waals surface area contributed by atoms with Gasteiger partial charge in [0.15, 0.2) is 7.05 Å². The lowest BCUT2D eigenvalue weighted by Crippen LogP contribution is -2.20. The van der Waals surface area contributed by atoms with E-state index in [2.05, 4.69) is 5.10 Å². The van der Waals surface area contributed by atoms with E-state index in [0.717, 1.165) is 28.5 Å². The number of halogens is 1. The highest BCUT2D eigenvalue weighted by molar-refractivity contribution is 5.84. The predicted molar refractivity (Wildman–Crippen MR) is 94.5 cm³/mol. The van der Waals surface area contributed by atoms with Crippen LogP contribution in [0, 0.1) is 10.7 Å². The monoisotopic (exact) mass is 356 g/mol. The molecule has 6 nitrogen and oxygen atoms in total. The van der Waals surface area contributed by atoms with E-state index in [-0.39, 0.29) is 6.04 Å². The zero-order valence-corrected chi connectivity index (χ0v) is 14.4. The fraction of sp³-hybridized carbons (Fsp3) is 0.316. The van der Waals surface area contributed by atoms with Gasteiger partial charge < -0.3 is 9.47 Å². The fourth-order valence-corrected chi connectivity index (χ4v) is 3.27. The minimum atomic E-state index is -0.396. The molecule has 0 aliphatic carbocycles. The molecule has 0 saturated carbocycles. The number of hydrogen-bond acceptors (Lipinski definition) is 4. The average Bonchev–Trinajstić information content (AvgIpc) is 3.04. The smallest absolute Gasteiger partial charge is 0.298 e. The molecule has 0 radical (unpaired) electrons. The van der Waals surface area contributed by atoms with Gasteiger partial charge in [-0.25, -0.2) is 4.39 Å². The van der Waals surface area contributed by atoms with Gasteiger partial charge in [0.1, 0.15) is 11.6 Å². The van der Waals surface area contributed by atoms with Crippen LogP contribution in [0.2, 0.25) is 0 Å². The van der Waals surface area contributed by atoms with E-state index in [0.29, 0.717) is 30.4 Å². The summed E-state index contributed by atoms with van der Waals surface area (Å²) in [6.07, 6.45) is 3.53. The molecule has 26 heavy (non-hydrogen) atoms. The van der Waals surface area contributed by atoms with Crippen molar-refractivity contribution in [1.29, 1.82) is 0 Å². The Morgan fingerprint density at radius 3 is 2.81 bits per heavy atom. The summed E-state index contributed by atoms with van der Waals surface area (Å²) in [4.78, 5) is 12.0. The number of rotatable bonds is 4. The zero-order valence-electron chi connectivity index (χ0n) is 14.4. The van der Waals surface area contributed by atoms with Gasteiger partial charge in [0.25, 0.3) is 5.69 Å². The number of aromatic nitrogens is 2. The van der Waals surface area contributed by atoms with E-state index < -0.39 is 5.82 Å². The first-order chi connectivity index (χ1) is 12.6. The van der Waals surface area contributed by atoms with Crippen LogP contribution in [-0.2, 0) is 4.74 Å². The van der Waals surface area contributed by atoms with Crippen LogP contribution in [0.3, 0.4) is 0 Å². The van der Waals surface area contributed by atoms with Crippen LogP contribution in [0.5, 0.6) is 11.5 Å². The van der Waals surface area contributed by atoms with Gasteiger partial charge >= 0.3 is 0 Å². The first-order valence-electron chi connectivity index (χ1n) is 8.55. The fourth-order valence-electron chi connectivity index (χ4n) is 3.27. The molecule has 0 atom stereocenters. The molecule has 2 aromatic carbocycles. The second-order valence-electron chi connectivity index (χ2n) is 6.37. The third-order valence-corrected chi connectivity index (χ3v) is 4.58. The van der Waals surface area contributed by atoms with Crippen LogP contribution in [0.4, 0.5) is 10.1 Å². The average molecular weight is 356 g/mol. The molecule has 0 bridgehead atoms. The second kappa shape index (κ2) is 6.84. The number of hydrogen-bond donors (Lipinski definition) is 0. The van der Waals surface area contributed by atoms with Gasteiger partial charge in [-0.1, -0.05) is 6.07 Å². The van der Waals surface area contributed by atoms with Crippen LogP contribution in [0.1, 0.15) is 18.9 Å². The van der Waals surface area contributed by atoms with E-state index >= 15 is 0 Å². The number of nitrogens with zero attached hydrogens (tertiary/aromatic N) is 3. The second-order valence-corrected chi connectivity index (χ2v) is 6.37. The summed E-state index contributed by atoms with van der Waals surface area (Å²) in [6.45, 7) is 1.42. The van der Waals surface area contributed by atoms with Crippen molar-refractivity contribution in [2.75, 3.05) is 20.3 Å². The van der Waals surface area contributed by atoms with Gasteiger partial charge in [-0.05, 0) is 25.0 Å². The Bertz CT molecular complexity index is 964. The molecule has 0 spiro atoms. The van der Waals surface area contributed by atoms with Gasteiger partial charge in [-0.3, -0.25) is 4.68 Å². The Morgan fingerprint density at radius 2 is 2.08 bits per heavy atom. The van der Waals surface area contributed by atoms with Crippen molar-refractivity contribution in [2.45, 2.75) is 18.9 Å². The van der Waals surface area contributed by atoms with E-state index in [4.69, 9.17) is 9.47 Å². The Labute approximate surface area is 149 Å². The van der Waals surface area contributed by atoms with Gasteiger partial charge in [-0.2, -0.15) is 5.10 Å². The van der Waals surface area contributed by atoms with E-state index in [9.17, 15) is 9.30 Å². The highest BCUT2D eigenvalue weighted by Crippen LogP contribution is 2.36. The third kappa shape index (κ3) is 3.17. The SMILES string of the molecule is C[N+](=O)c1cc2cnn(C3CCOCC3)c2cc1Oc1cccc(F)c1. The molecule has 1 fully saturated rings. The molecule has 3 aromatic rings. The molecule has 0 unspecified atom stereocenters. The van der Waals surface area contributed by atoms with Gasteiger partial charge in [-0.15, -0.1) is 0 Å². The van der Waals surface area contributed by atoms with Crippen LogP contribution in [-0.4, -0.2) is 34.8 Å². The van der Waals surface area contributed by atoms with Gasteiger partial charge in [0.2, 0.25) is 5.75 Å². The van der Waals surface area contributed by atoms with E-state index in [1.807, 2.05) is 4.68 Å². The lowest BCUT2D eigenvalue weighted by atomic mass is 10.1. The summed E-state index contributed by atoms with van der Waals surface area (Å²) < 4.78 is 27.4. The zero-order chi connectivity index (χ0) is 18.1. The minimum Gasteiger partial charge on any atom is -0.450 e. The maximum atomic E-state index is 13.5. The molecule has 7 heteroatoms. The maximum Gasteiger partial charge on any atom is 0.298 e. The molecule has 4 rings (SSSR count). The van der Waals surface area contributed by atoms with Crippen molar-refractivity contribution >= 4 is 16.6 Å². The first-order valence-corrected chi connectivity index (χ1v) is 8.55. The van der Waals surface area contributed by atoms with Gasteiger partial charge in [0, 0.05) is 46.5 Å². The maximum absolute atomic E-state index is 13.5. The van der Waals surface area contributed by atoms with Gasteiger partial charge in [0.05, 0.1) is 17.8 Å². The van der Waals surface area contributed by atoms with Crippen LogP contribution >= 0.6 is 0 Å². The van der Waals surface area contributed by atoms with E-state index in [1.54, 1.807) is 30.5 Å². The first kappa shape index (κ1) is 16.7. The van der Waals surface area contributed by atoms with Crippen LogP contribution in [0.25, 0.3) is 10.9 Å². The van der Waals surface area contributed by atoms with Crippen molar-refractivity contribution in [3.8, 4) is 11.5 Å². The van der Waals surface area contributed by atoms with Crippen molar-refractivity contribution in [3.05, 3.63) is 53.3 Å². The standard InChI is InChI=1S/C19H19FN3O3/c1-22(24)18-9-13-12-21-23(15-5-7-25-8-6-15)17(13)11-19(18)26-16-4-2-3-14(20)10-16/h2-4,9-12,15H,5-8H2,1H3/q+1.